The first-order chi connectivity index (χ1) is 15.8. The number of carbonyl (C=O) groups is 3. The lowest BCUT2D eigenvalue weighted by atomic mass is 10.1. The fourth-order valence-electron chi connectivity index (χ4n) is 3.37. The van der Waals surface area contributed by atoms with Crippen molar-refractivity contribution in [1.29, 1.82) is 0 Å². The number of aryl methyl sites for hydroxylation is 1. The summed E-state index contributed by atoms with van der Waals surface area (Å²) >= 11 is 0. The van der Waals surface area contributed by atoms with Crippen LogP contribution in [0.25, 0.3) is 0 Å². The van der Waals surface area contributed by atoms with Crippen LogP contribution in [0.5, 0.6) is 0 Å². The number of ether oxygens (including phenoxy) is 1. The lowest BCUT2D eigenvalue weighted by Crippen LogP contribution is -2.38. The Kier molecular flexibility index (Phi) is 7.81. The van der Waals surface area contributed by atoms with Crippen LogP contribution in [0.1, 0.15) is 60.0 Å². The number of nitrogens with one attached hydrogen (secondary N) is 3. The fraction of sp³-hybridized carbons (Fsp3) is 0.435. The van der Waals surface area contributed by atoms with Gasteiger partial charge in [-0.2, -0.15) is 0 Å². The first-order valence-corrected chi connectivity index (χ1v) is 11.0. The number of alkyl carbamates (subject to hydrolysis) is 1. The van der Waals surface area contributed by atoms with Crippen molar-refractivity contribution in [1.82, 2.24) is 20.6 Å². The van der Waals surface area contributed by atoms with Crippen LogP contribution < -0.4 is 21.7 Å². The number of nitrogens with zero attached hydrogens (tertiary/aromatic N) is 2. The molecule has 0 bridgehead atoms. The Morgan fingerprint density at radius 1 is 1.24 bits per heavy atom. The van der Waals surface area contributed by atoms with Gasteiger partial charge in [0.05, 0.1) is 11.4 Å². The van der Waals surface area contributed by atoms with Gasteiger partial charge >= 0.3 is 6.09 Å². The Labute approximate surface area is 192 Å². The van der Waals surface area contributed by atoms with Gasteiger partial charge in [0.2, 0.25) is 0 Å². The zero-order valence-corrected chi connectivity index (χ0v) is 19.1. The van der Waals surface area contributed by atoms with Crippen LogP contribution in [0.15, 0.2) is 24.3 Å². The number of amides is 3. The van der Waals surface area contributed by atoms with Crippen molar-refractivity contribution in [2.24, 2.45) is 5.73 Å². The number of rotatable bonds is 10. The van der Waals surface area contributed by atoms with Crippen LogP contribution in [0.3, 0.4) is 0 Å². The smallest absolute Gasteiger partial charge is 0.407 e. The third-order valence-corrected chi connectivity index (χ3v) is 5.29. The Morgan fingerprint density at radius 3 is 2.64 bits per heavy atom. The van der Waals surface area contributed by atoms with E-state index in [-0.39, 0.29) is 11.6 Å². The first kappa shape index (κ1) is 24.0. The van der Waals surface area contributed by atoms with E-state index in [0.29, 0.717) is 31.1 Å². The van der Waals surface area contributed by atoms with Crippen molar-refractivity contribution in [2.45, 2.75) is 51.6 Å². The van der Waals surface area contributed by atoms with E-state index in [0.717, 1.165) is 35.5 Å². The number of aromatic nitrogens is 2. The third kappa shape index (κ3) is 6.41. The molecule has 176 valence electrons. The first-order valence-electron chi connectivity index (χ1n) is 11.0. The Balaban J connectivity index is 1.67. The topological polar surface area (TPSA) is 148 Å². The summed E-state index contributed by atoms with van der Waals surface area (Å²) in [4.78, 5) is 44.5. The molecule has 1 saturated carbocycles. The summed E-state index contributed by atoms with van der Waals surface area (Å²) in [5.41, 5.74) is 9.13. The number of nitrogens with two attached hydrogens (primary N) is 1. The van der Waals surface area contributed by atoms with Crippen molar-refractivity contribution in [2.75, 3.05) is 18.9 Å². The normalized spacial score (nSPS) is 13.7. The van der Waals surface area contributed by atoms with Gasteiger partial charge in [-0.15, -0.1) is 0 Å². The minimum Gasteiger partial charge on any atom is -0.436 e. The summed E-state index contributed by atoms with van der Waals surface area (Å²) in [5.74, 6) is -0.265. The van der Waals surface area contributed by atoms with E-state index in [4.69, 9.17) is 15.5 Å². The molecule has 1 aromatic carbocycles. The van der Waals surface area contributed by atoms with Crippen LogP contribution in [0.4, 0.5) is 16.3 Å². The average Bonchev–Trinajstić information content (AvgIpc) is 3.64. The summed E-state index contributed by atoms with van der Waals surface area (Å²) in [6.45, 7) is 3.86. The van der Waals surface area contributed by atoms with Crippen LogP contribution in [0, 0.1) is 0 Å². The van der Waals surface area contributed by atoms with Crippen LogP contribution in [0.2, 0.25) is 0 Å². The molecule has 1 fully saturated rings. The van der Waals surface area contributed by atoms with E-state index in [1.807, 2.05) is 31.2 Å². The molecule has 1 atom stereocenters. The second kappa shape index (κ2) is 10.8. The van der Waals surface area contributed by atoms with Gasteiger partial charge in [0.25, 0.3) is 11.8 Å². The minimum absolute atomic E-state index is 0.124. The van der Waals surface area contributed by atoms with Gasteiger partial charge < -0.3 is 26.4 Å². The van der Waals surface area contributed by atoms with E-state index in [1.165, 1.54) is 14.0 Å². The van der Waals surface area contributed by atoms with Crippen molar-refractivity contribution in [3.8, 4) is 0 Å². The molecule has 33 heavy (non-hydrogen) atoms. The molecule has 10 heteroatoms. The molecular formula is C23H30N6O4. The van der Waals surface area contributed by atoms with Crippen LogP contribution >= 0.6 is 0 Å². The molecule has 0 saturated heterocycles. The molecule has 1 aliphatic carbocycles. The molecule has 5 N–H and O–H groups in total. The highest BCUT2D eigenvalue weighted by Crippen LogP contribution is 2.41. The Bertz CT molecular complexity index is 1040. The lowest BCUT2D eigenvalue weighted by Gasteiger charge is -2.15. The van der Waals surface area contributed by atoms with Gasteiger partial charge in [-0.3, -0.25) is 9.59 Å². The van der Waals surface area contributed by atoms with Gasteiger partial charge in [-0.1, -0.05) is 19.1 Å². The maximum absolute atomic E-state index is 12.1. The number of benzene rings is 1. The highest BCUT2D eigenvalue weighted by atomic mass is 16.6. The quantitative estimate of drug-likeness (QED) is 0.430. The van der Waals surface area contributed by atoms with Crippen molar-refractivity contribution >= 4 is 29.4 Å². The molecule has 10 nitrogen and oxygen atoms in total. The highest BCUT2D eigenvalue weighted by Gasteiger charge is 2.30. The Hall–Kier alpha value is -3.69. The standard InChI is InChI=1S/C23H30N6O4/c1-4-17-18(15-8-9-15)29-21(19(28-17)20(24)30)27-16-7-5-6-14(12-16)10-11-26-22(31)13(2)33-23(32)25-3/h5-7,12-13,15H,4,8-11H2,1-3H3,(H2,24,30)(H,25,32)(H,26,31)(H,27,29). The molecule has 3 rings (SSSR count). The second-order valence-electron chi connectivity index (χ2n) is 7.91. The van der Waals surface area contributed by atoms with Gasteiger partial charge in [0.1, 0.15) is 0 Å². The van der Waals surface area contributed by atoms with E-state index < -0.39 is 18.1 Å². The molecule has 2 aromatic rings. The number of primary amides is 1. The zero-order valence-electron chi connectivity index (χ0n) is 19.1. The molecule has 0 aliphatic heterocycles. The largest absolute Gasteiger partial charge is 0.436 e. The number of hydrogen-bond donors (Lipinski definition) is 4. The average molecular weight is 455 g/mol. The number of anilines is 2. The minimum atomic E-state index is -0.893. The monoisotopic (exact) mass is 454 g/mol. The zero-order chi connectivity index (χ0) is 24.0. The van der Waals surface area contributed by atoms with Gasteiger partial charge in [0.15, 0.2) is 17.6 Å². The molecule has 3 amide bonds. The van der Waals surface area contributed by atoms with Crippen LogP contribution in [-0.4, -0.2) is 47.6 Å². The van der Waals surface area contributed by atoms with E-state index in [2.05, 4.69) is 20.9 Å². The summed E-state index contributed by atoms with van der Waals surface area (Å²) in [5, 5.41) is 8.24. The van der Waals surface area contributed by atoms with Gasteiger partial charge in [-0.05, 0) is 50.3 Å². The number of hydrogen-bond acceptors (Lipinski definition) is 7. The summed E-state index contributed by atoms with van der Waals surface area (Å²) < 4.78 is 4.90. The number of carbonyl (C=O) groups excluding carboxylic acids is 3. The Morgan fingerprint density at radius 2 is 2.00 bits per heavy atom. The second-order valence-corrected chi connectivity index (χ2v) is 7.91. The SMILES string of the molecule is CCc1nc(C(N)=O)c(Nc2cccc(CCNC(=O)C(C)OC(=O)NC)c2)nc1C1CC1. The summed E-state index contributed by atoms with van der Waals surface area (Å²) in [7, 11) is 1.43. The molecule has 1 aromatic heterocycles. The predicted octanol–water partition coefficient (Wildman–Crippen LogP) is 2.16. The summed E-state index contributed by atoms with van der Waals surface area (Å²) in [6.07, 6.45) is 1.84. The lowest BCUT2D eigenvalue weighted by molar-refractivity contribution is -0.128. The van der Waals surface area contributed by atoms with Crippen LogP contribution in [-0.2, 0) is 22.4 Å². The van der Waals surface area contributed by atoms with E-state index >= 15 is 0 Å². The fourth-order valence-corrected chi connectivity index (χ4v) is 3.37. The molecule has 0 radical (unpaired) electrons. The van der Waals surface area contributed by atoms with Gasteiger partial charge in [-0.25, -0.2) is 14.8 Å². The molecule has 1 heterocycles. The predicted molar refractivity (Wildman–Crippen MR) is 123 cm³/mol. The van der Waals surface area contributed by atoms with E-state index in [9.17, 15) is 14.4 Å². The molecule has 0 spiro atoms. The van der Waals surface area contributed by atoms with Gasteiger partial charge in [0, 0.05) is 25.2 Å². The highest BCUT2D eigenvalue weighted by molar-refractivity contribution is 5.96. The third-order valence-electron chi connectivity index (χ3n) is 5.29. The molecular weight excluding hydrogens is 424 g/mol. The van der Waals surface area contributed by atoms with Crippen molar-refractivity contribution in [3.63, 3.8) is 0 Å². The van der Waals surface area contributed by atoms with E-state index in [1.54, 1.807) is 0 Å². The van der Waals surface area contributed by atoms with Crippen molar-refractivity contribution in [3.05, 3.63) is 46.9 Å². The molecule has 1 aliphatic rings. The maximum atomic E-state index is 12.1. The maximum Gasteiger partial charge on any atom is 0.407 e. The van der Waals surface area contributed by atoms with Crippen molar-refractivity contribution < 1.29 is 19.1 Å². The summed E-state index contributed by atoms with van der Waals surface area (Å²) in [6, 6.07) is 7.57. The molecule has 1 unspecified atom stereocenters.